The molecule has 2 N–H and O–H groups in total. The molecular weight excluding hydrogens is 292 g/mol. The second kappa shape index (κ2) is 5.39. The summed E-state index contributed by atoms with van der Waals surface area (Å²) in [6.45, 7) is 0.954. The van der Waals surface area contributed by atoms with Crippen molar-refractivity contribution in [3.05, 3.63) is 48.2 Å². The zero-order valence-electron chi connectivity index (χ0n) is 12.4. The van der Waals surface area contributed by atoms with E-state index >= 15 is 0 Å². The van der Waals surface area contributed by atoms with Gasteiger partial charge >= 0.3 is 5.97 Å². The van der Waals surface area contributed by atoms with Crippen LogP contribution in [0.4, 0.5) is 5.82 Å². The number of fused-ring (bicyclic) bond motifs is 1. The summed E-state index contributed by atoms with van der Waals surface area (Å²) >= 11 is 0. The number of hydrogen-bond donors (Lipinski definition) is 2. The van der Waals surface area contributed by atoms with Gasteiger partial charge in [-0.3, -0.25) is 0 Å². The maximum absolute atomic E-state index is 10.9. The zero-order chi connectivity index (χ0) is 15.8. The Balaban J connectivity index is 1.67. The molecule has 1 aliphatic carbocycles. The van der Waals surface area contributed by atoms with Crippen molar-refractivity contribution in [2.45, 2.75) is 12.8 Å². The third-order valence-corrected chi connectivity index (χ3v) is 4.06. The first kappa shape index (κ1) is 13.8. The fourth-order valence-electron chi connectivity index (χ4n) is 2.52. The fourth-order valence-corrected chi connectivity index (χ4v) is 2.52. The van der Waals surface area contributed by atoms with E-state index in [1.807, 2.05) is 12.1 Å². The normalized spacial score (nSPS) is 14.1. The molecule has 0 radical (unpaired) electrons. The van der Waals surface area contributed by atoms with E-state index in [0.717, 1.165) is 35.2 Å². The van der Waals surface area contributed by atoms with Crippen LogP contribution in [0.25, 0.3) is 16.9 Å². The quantitative estimate of drug-likeness (QED) is 0.757. The number of hydrogen-bond acceptors (Lipinski definition) is 4. The molecule has 0 saturated heterocycles. The van der Waals surface area contributed by atoms with Crippen molar-refractivity contribution in [1.29, 1.82) is 0 Å². The number of aromatic carboxylic acids is 1. The van der Waals surface area contributed by atoms with Crippen molar-refractivity contribution in [3.63, 3.8) is 0 Å². The molecule has 6 heteroatoms. The maximum atomic E-state index is 10.9. The molecule has 2 heterocycles. The van der Waals surface area contributed by atoms with Gasteiger partial charge in [-0.2, -0.15) is 0 Å². The number of carboxylic acid groups (broad SMARTS) is 1. The van der Waals surface area contributed by atoms with Gasteiger partial charge in [-0.1, -0.05) is 12.1 Å². The first-order valence-corrected chi connectivity index (χ1v) is 7.63. The Labute approximate surface area is 132 Å². The average Bonchev–Trinajstić information content (AvgIpc) is 3.31. The van der Waals surface area contributed by atoms with Crippen LogP contribution in [0.15, 0.2) is 42.6 Å². The third kappa shape index (κ3) is 2.75. The van der Waals surface area contributed by atoms with Crippen LogP contribution in [0.5, 0.6) is 0 Å². The number of carboxylic acids is 1. The monoisotopic (exact) mass is 308 g/mol. The van der Waals surface area contributed by atoms with Gasteiger partial charge in [-0.25, -0.2) is 14.3 Å². The molecule has 1 aromatic carbocycles. The summed E-state index contributed by atoms with van der Waals surface area (Å²) in [7, 11) is 0. The number of rotatable bonds is 5. The van der Waals surface area contributed by atoms with Crippen LogP contribution < -0.4 is 5.32 Å². The van der Waals surface area contributed by atoms with Crippen molar-refractivity contribution in [1.82, 2.24) is 14.6 Å². The van der Waals surface area contributed by atoms with E-state index in [1.165, 1.54) is 12.8 Å². The Morgan fingerprint density at radius 2 is 2.00 bits per heavy atom. The summed E-state index contributed by atoms with van der Waals surface area (Å²) in [4.78, 5) is 15.3. The maximum Gasteiger partial charge on any atom is 0.335 e. The van der Waals surface area contributed by atoms with Gasteiger partial charge in [-0.05, 0) is 43.0 Å². The Morgan fingerprint density at radius 3 is 2.70 bits per heavy atom. The van der Waals surface area contributed by atoms with Crippen LogP contribution in [0.3, 0.4) is 0 Å². The molecule has 3 aromatic rings. The molecule has 0 aliphatic heterocycles. The van der Waals surface area contributed by atoms with Crippen LogP contribution >= 0.6 is 0 Å². The van der Waals surface area contributed by atoms with Crippen LogP contribution in [0, 0.1) is 5.92 Å². The number of nitrogens with one attached hydrogen (secondary N) is 1. The van der Waals surface area contributed by atoms with E-state index in [-0.39, 0.29) is 5.56 Å². The summed E-state index contributed by atoms with van der Waals surface area (Å²) in [5, 5.41) is 16.9. The smallest absolute Gasteiger partial charge is 0.335 e. The number of imidazole rings is 1. The van der Waals surface area contributed by atoms with E-state index in [4.69, 9.17) is 5.11 Å². The zero-order valence-corrected chi connectivity index (χ0v) is 12.4. The van der Waals surface area contributed by atoms with Crippen LogP contribution in [-0.4, -0.2) is 32.2 Å². The summed E-state index contributed by atoms with van der Waals surface area (Å²) in [6, 6.07) is 10.6. The largest absolute Gasteiger partial charge is 0.478 e. The number of aromatic nitrogens is 3. The minimum Gasteiger partial charge on any atom is -0.478 e. The Morgan fingerprint density at radius 1 is 1.22 bits per heavy atom. The lowest BCUT2D eigenvalue weighted by Crippen LogP contribution is -2.07. The molecule has 2 aromatic heterocycles. The number of carbonyl (C=O) groups is 1. The number of benzene rings is 1. The van der Waals surface area contributed by atoms with Gasteiger partial charge in [0.1, 0.15) is 5.82 Å². The minimum absolute atomic E-state index is 0.266. The molecule has 0 atom stereocenters. The molecule has 4 rings (SSSR count). The molecule has 1 aliphatic rings. The second-order valence-corrected chi connectivity index (χ2v) is 5.84. The van der Waals surface area contributed by atoms with Crippen molar-refractivity contribution in [2.75, 3.05) is 11.9 Å². The van der Waals surface area contributed by atoms with Crippen LogP contribution in [0.1, 0.15) is 23.2 Å². The van der Waals surface area contributed by atoms with Crippen LogP contribution in [0.2, 0.25) is 0 Å². The standard InChI is InChI=1S/C17H16N4O2/c22-17(23)13-5-3-12(4-6-13)14-10-19-16-8-7-15(20-21(14)16)18-9-11-1-2-11/h3-8,10-11H,1-2,9H2,(H,18,20)(H,22,23). The number of nitrogens with zero attached hydrogens (tertiary/aromatic N) is 3. The molecule has 0 spiro atoms. The molecule has 1 saturated carbocycles. The molecular formula is C17H16N4O2. The van der Waals surface area contributed by atoms with Gasteiger partial charge in [0.05, 0.1) is 17.5 Å². The first-order valence-electron chi connectivity index (χ1n) is 7.63. The number of anilines is 1. The van der Waals surface area contributed by atoms with Gasteiger partial charge in [0.25, 0.3) is 0 Å². The third-order valence-electron chi connectivity index (χ3n) is 4.06. The van der Waals surface area contributed by atoms with E-state index in [1.54, 1.807) is 35.0 Å². The van der Waals surface area contributed by atoms with E-state index in [2.05, 4.69) is 15.4 Å². The van der Waals surface area contributed by atoms with Gasteiger partial charge in [-0.15, -0.1) is 5.10 Å². The van der Waals surface area contributed by atoms with Gasteiger partial charge in [0.2, 0.25) is 0 Å². The lowest BCUT2D eigenvalue weighted by Gasteiger charge is -2.06. The molecule has 23 heavy (non-hydrogen) atoms. The summed E-state index contributed by atoms with van der Waals surface area (Å²) in [5.74, 6) is 0.670. The predicted octanol–water partition coefficient (Wildman–Crippen LogP) is 2.92. The Kier molecular flexibility index (Phi) is 3.22. The average molecular weight is 308 g/mol. The first-order chi connectivity index (χ1) is 11.2. The van der Waals surface area contributed by atoms with Crippen molar-refractivity contribution < 1.29 is 9.90 Å². The summed E-state index contributed by atoms with van der Waals surface area (Å²) in [5.41, 5.74) is 2.75. The highest BCUT2D eigenvalue weighted by Crippen LogP contribution is 2.29. The van der Waals surface area contributed by atoms with Crippen molar-refractivity contribution >= 4 is 17.4 Å². The van der Waals surface area contributed by atoms with E-state index in [9.17, 15) is 4.79 Å². The van der Waals surface area contributed by atoms with Crippen molar-refractivity contribution in [2.24, 2.45) is 5.92 Å². The van der Waals surface area contributed by atoms with Gasteiger partial charge < -0.3 is 10.4 Å². The molecule has 0 unspecified atom stereocenters. The fraction of sp³-hybridized carbons (Fsp3) is 0.235. The molecule has 1 fully saturated rings. The highest BCUT2D eigenvalue weighted by molar-refractivity contribution is 5.88. The molecule has 6 nitrogen and oxygen atoms in total. The molecule has 116 valence electrons. The highest BCUT2D eigenvalue weighted by atomic mass is 16.4. The van der Waals surface area contributed by atoms with E-state index in [0.29, 0.717) is 0 Å². The van der Waals surface area contributed by atoms with Gasteiger partial charge in [0.15, 0.2) is 5.65 Å². The molecule has 0 amide bonds. The lowest BCUT2D eigenvalue weighted by molar-refractivity contribution is 0.0697. The highest BCUT2D eigenvalue weighted by Gasteiger charge is 2.20. The Hall–Kier alpha value is -2.89. The summed E-state index contributed by atoms with van der Waals surface area (Å²) < 4.78 is 1.78. The van der Waals surface area contributed by atoms with Crippen molar-refractivity contribution in [3.8, 4) is 11.3 Å². The topological polar surface area (TPSA) is 79.5 Å². The SMILES string of the molecule is O=C(O)c1ccc(-c2cnc3ccc(NCC4CC4)nn23)cc1. The second-order valence-electron chi connectivity index (χ2n) is 5.84. The van der Waals surface area contributed by atoms with Gasteiger partial charge in [0, 0.05) is 12.1 Å². The van der Waals surface area contributed by atoms with Crippen LogP contribution in [-0.2, 0) is 0 Å². The summed E-state index contributed by atoms with van der Waals surface area (Å²) in [6.07, 6.45) is 4.34. The minimum atomic E-state index is -0.931. The molecule has 0 bridgehead atoms. The van der Waals surface area contributed by atoms with E-state index < -0.39 is 5.97 Å². The lowest BCUT2D eigenvalue weighted by atomic mass is 10.1. The Bertz CT molecular complexity index is 866. The predicted molar refractivity (Wildman–Crippen MR) is 86.6 cm³/mol.